The predicted octanol–water partition coefficient (Wildman–Crippen LogP) is 3.04. The van der Waals surface area contributed by atoms with Gasteiger partial charge < -0.3 is 33.6 Å². The number of carbonyl (C=O) groups is 1. The molecule has 0 saturated heterocycles. The van der Waals surface area contributed by atoms with Crippen LogP contribution in [0, 0.1) is 0 Å². The zero-order valence-electron chi connectivity index (χ0n) is 16.6. The molecule has 0 aliphatic heterocycles. The van der Waals surface area contributed by atoms with Crippen LogP contribution in [0.15, 0.2) is 39.5 Å². The number of hydrogen-bond acceptors (Lipinski definition) is 8. The lowest BCUT2D eigenvalue weighted by Crippen LogP contribution is -2.11. The fourth-order valence-electron chi connectivity index (χ4n) is 2.92. The molecule has 2 aromatic carbocycles. The summed E-state index contributed by atoms with van der Waals surface area (Å²) in [6.07, 6.45) is 0. The molecular formula is C21H20O9. The van der Waals surface area contributed by atoms with Gasteiger partial charge in [-0.3, -0.25) is 4.79 Å². The fraction of sp³-hybridized carbons (Fsp3) is 0.238. The van der Waals surface area contributed by atoms with E-state index in [4.69, 9.17) is 28.5 Å². The number of methoxy groups -OCH3 is 2. The lowest BCUT2D eigenvalue weighted by Gasteiger charge is -2.14. The smallest absolute Gasteiger partial charge is 0.341 e. The maximum absolute atomic E-state index is 12.7. The van der Waals surface area contributed by atoms with Crippen LogP contribution in [0.4, 0.5) is 0 Å². The molecule has 0 amide bonds. The Hall–Kier alpha value is -3.88. The first-order valence-corrected chi connectivity index (χ1v) is 8.93. The molecule has 2 N–H and O–H groups in total. The van der Waals surface area contributed by atoms with Crippen LogP contribution >= 0.6 is 0 Å². The zero-order chi connectivity index (χ0) is 21.8. The van der Waals surface area contributed by atoms with Gasteiger partial charge in [-0.2, -0.15) is 0 Å². The van der Waals surface area contributed by atoms with Gasteiger partial charge in [0.2, 0.25) is 5.75 Å². The van der Waals surface area contributed by atoms with Gasteiger partial charge in [0.25, 0.3) is 0 Å². The van der Waals surface area contributed by atoms with E-state index in [1.165, 1.54) is 26.4 Å². The Balaban J connectivity index is 2.20. The van der Waals surface area contributed by atoms with E-state index in [-0.39, 0.29) is 34.8 Å². The molecule has 0 fully saturated rings. The Kier molecular flexibility index (Phi) is 6.01. The van der Waals surface area contributed by atoms with Crippen LogP contribution < -0.4 is 24.4 Å². The Bertz CT molecular complexity index is 1150. The maximum Gasteiger partial charge on any atom is 0.341 e. The number of aromatic hydroxyl groups is 1. The second-order valence-corrected chi connectivity index (χ2v) is 6.09. The summed E-state index contributed by atoms with van der Waals surface area (Å²) >= 11 is 0. The van der Waals surface area contributed by atoms with Crippen LogP contribution in [0.25, 0.3) is 22.3 Å². The normalized spacial score (nSPS) is 10.6. The van der Waals surface area contributed by atoms with E-state index >= 15 is 0 Å². The summed E-state index contributed by atoms with van der Waals surface area (Å²) in [5.41, 5.74) is 0.0333. The Morgan fingerprint density at radius 2 is 1.77 bits per heavy atom. The highest BCUT2D eigenvalue weighted by molar-refractivity contribution is 5.89. The van der Waals surface area contributed by atoms with Gasteiger partial charge in [0.1, 0.15) is 16.7 Å². The molecule has 1 heterocycles. The minimum Gasteiger partial charge on any atom is -0.504 e. The number of carboxylic acid groups (broad SMARTS) is 1. The minimum absolute atomic E-state index is 0.00799. The molecule has 9 heteroatoms. The quantitative estimate of drug-likeness (QED) is 0.570. The van der Waals surface area contributed by atoms with Crippen molar-refractivity contribution in [3.05, 3.63) is 40.6 Å². The highest BCUT2D eigenvalue weighted by Gasteiger charge is 2.21. The number of aliphatic carboxylic acids is 1. The largest absolute Gasteiger partial charge is 0.504 e. The number of hydrogen-bond donors (Lipinski definition) is 2. The van der Waals surface area contributed by atoms with Crippen LogP contribution in [-0.4, -0.2) is 43.6 Å². The van der Waals surface area contributed by atoms with Crippen molar-refractivity contribution in [1.82, 2.24) is 0 Å². The molecule has 9 nitrogen and oxygen atoms in total. The molecule has 1 aromatic heterocycles. The van der Waals surface area contributed by atoms with Crippen molar-refractivity contribution in [3.8, 4) is 40.1 Å². The van der Waals surface area contributed by atoms with Gasteiger partial charge in [-0.05, 0) is 25.1 Å². The lowest BCUT2D eigenvalue weighted by atomic mass is 10.1. The van der Waals surface area contributed by atoms with Crippen LogP contribution in [0.5, 0.6) is 28.7 Å². The molecule has 30 heavy (non-hydrogen) atoms. The molecule has 0 unspecified atom stereocenters. The average Bonchev–Trinajstić information content (AvgIpc) is 2.73. The number of phenolic OH excluding ortho intramolecular Hbond substituents is 1. The SMILES string of the molecule is CCOc1c(OCC(=O)O)cc2oc(-c3ccc(OC)c(OC)c3)cc(=O)c2c1O. The maximum atomic E-state index is 12.7. The zero-order valence-corrected chi connectivity index (χ0v) is 16.6. The summed E-state index contributed by atoms with van der Waals surface area (Å²) in [4.78, 5) is 23.6. The van der Waals surface area contributed by atoms with Crippen molar-refractivity contribution in [2.24, 2.45) is 0 Å². The van der Waals surface area contributed by atoms with Gasteiger partial charge >= 0.3 is 5.97 Å². The molecule has 0 aliphatic rings. The number of carboxylic acids is 1. The number of phenols is 1. The van der Waals surface area contributed by atoms with Crippen LogP contribution in [0.2, 0.25) is 0 Å². The topological polar surface area (TPSA) is 125 Å². The third kappa shape index (κ3) is 3.95. The third-order valence-corrected chi connectivity index (χ3v) is 4.22. The highest BCUT2D eigenvalue weighted by Crippen LogP contribution is 2.43. The molecule has 0 atom stereocenters. The predicted molar refractivity (Wildman–Crippen MR) is 107 cm³/mol. The number of ether oxygens (including phenoxy) is 4. The Labute approximate surface area is 171 Å². The van der Waals surface area contributed by atoms with Crippen molar-refractivity contribution in [2.75, 3.05) is 27.4 Å². The number of benzene rings is 2. The summed E-state index contributed by atoms with van der Waals surface area (Å²) in [5, 5.41) is 19.3. The van der Waals surface area contributed by atoms with E-state index in [0.29, 0.717) is 17.1 Å². The second kappa shape index (κ2) is 8.64. The molecule has 0 saturated carbocycles. The molecule has 3 aromatic rings. The van der Waals surface area contributed by atoms with E-state index in [2.05, 4.69) is 0 Å². The van der Waals surface area contributed by atoms with E-state index in [0.717, 1.165) is 0 Å². The lowest BCUT2D eigenvalue weighted by molar-refractivity contribution is -0.139. The first kappa shape index (κ1) is 20.8. The van der Waals surface area contributed by atoms with E-state index in [9.17, 15) is 14.7 Å². The van der Waals surface area contributed by atoms with Crippen molar-refractivity contribution in [2.45, 2.75) is 6.92 Å². The molecule has 0 bridgehead atoms. The van der Waals surface area contributed by atoms with Gasteiger partial charge in [0.15, 0.2) is 35.0 Å². The van der Waals surface area contributed by atoms with Gasteiger partial charge in [-0.15, -0.1) is 0 Å². The monoisotopic (exact) mass is 416 g/mol. The number of fused-ring (bicyclic) bond motifs is 1. The van der Waals surface area contributed by atoms with Gasteiger partial charge in [0, 0.05) is 17.7 Å². The van der Waals surface area contributed by atoms with E-state index in [1.807, 2.05) is 0 Å². The Morgan fingerprint density at radius 3 is 2.40 bits per heavy atom. The van der Waals surface area contributed by atoms with Crippen LogP contribution in [0.3, 0.4) is 0 Å². The Morgan fingerprint density at radius 1 is 1.03 bits per heavy atom. The van der Waals surface area contributed by atoms with Gasteiger partial charge in [-0.25, -0.2) is 4.79 Å². The first-order chi connectivity index (χ1) is 14.4. The summed E-state index contributed by atoms with van der Waals surface area (Å²) in [7, 11) is 2.99. The molecule has 158 valence electrons. The summed E-state index contributed by atoms with van der Waals surface area (Å²) in [5.74, 6) is -0.721. The van der Waals surface area contributed by atoms with Crippen molar-refractivity contribution in [1.29, 1.82) is 0 Å². The van der Waals surface area contributed by atoms with Gasteiger partial charge in [0.05, 0.1) is 20.8 Å². The summed E-state index contributed by atoms with van der Waals surface area (Å²) < 4.78 is 26.9. The average molecular weight is 416 g/mol. The van der Waals surface area contributed by atoms with Crippen molar-refractivity contribution >= 4 is 16.9 Å². The fourth-order valence-corrected chi connectivity index (χ4v) is 2.92. The highest BCUT2D eigenvalue weighted by atomic mass is 16.5. The second-order valence-electron chi connectivity index (χ2n) is 6.09. The number of rotatable bonds is 8. The molecule has 3 rings (SSSR count). The van der Waals surface area contributed by atoms with Gasteiger partial charge in [-0.1, -0.05) is 0 Å². The standard InChI is InChI=1S/C21H20O9/c1-4-28-21-17(29-10-18(23)24)9-16-19(20(21)25)12(22)8-14(30-16)11-5-6-13(26-2)15(7-11)27-3/h5-9,25H,4,10H2,1-3H3,(H,23,24). The van der Waals surface area contributed by atoms with E-state index in [1.54, 1.807) is 25.1 Å². The van der Waals surface area contributed by atoms with Crippen LogP contribution in [0.1, 0.15) is 6.92 Å². The molecular weight excluding hydrogens is 396 g/mol. The molecule has 0 spiro atoms. The first-order valence-electron chi connectivity index (χ1n) is 8.93. The minimum atomic E-state index is -1.21. The summed E-state index contributed by atoms with van der Waals surface area (Å²) in [6.45, 7) is 1.18. The van der Waals surface area contributed by atoms with E-state index < -0.39 is 23.8 Å². The van der Waals surface area contributed by atoms with Crippen molar-refractivity contribution in [3.63, 3.8) is 0 Å². The van der Waals surface area contributed by atoms with Crippen molar-refractivity contribution < 1.29 is 38.4 Å². The molecule has 0 aliphatic carbocycles. The summed E-state index contributed by atoms with van der Waals surface area (Å²) in [6, 6.07) is 7.53. The third-order valence-electron chi connectivity index (χ3n) is 4.22. The molecule has 0 radical (unpaired) electrons. The van der Waals surface area contributed by atoms with Crippen LogP contribution in [-0.2, 0) is 4.79 Å².